The lowest BCUT2D eigenvalue weighted by Gasteiger charge is -2.07. The normalized spacial score (nSPS) is 17.4. The van der Waals surface area contributed by atoms with Gasteiger partial charge >= 0.3 is 5.97 Å². The van der Waals surface area contributed by atoms with Crippen LogP contribution in [0.2, 0.25) is 0 Å². The van der Waals surface area contributed by atoms with E-state index in [4.69, 9.17) is 14.2 Å². The summed E-state index contributed by atoms with van der Waals surface area (Å²) in [7, 11) is 0. The molecule has 1 aromatic carbocycles. The van der Waals surface area contributed by atoms with E-state index in [1.807, 2.05) is 31.2 Å². The van der Waals surface area contributed by atoms with Gasteiger partial charge in [0.15, 0.2) is 5.69 Å². The van der Waals surface area contributed by atoms with Crippen LogP contribution in [-0.2, 0) is 9.47 Å². The molecule has 2 aromatic rings. The van der Waals surface area contributed by atoms with Gasteiger partial charge < -0.3 is 14.2 Å². The number of aromatic nitrogens is 1. The first kappa shape index (κ1) is 15.0. The number of carbonyl (C=O) groups excluding carboxylic acids is 1. The Bertz CT molecular complexity index is 632. The monoisotopic (exact) mass is 319 g/mol. The van der Waals surface area contributed by atoms with E-state index in [0.717, 1.165) is 22.7 Å². The second kappa shape index (κ2) is 6.89. The van der Waals surface area contributed by atoms with Crippen LogP contribution in [0.15, 0.2) is 29.6 Å². The molecule has 1 atom stereocenters. The van der Waals surface area contributed by atoms with Crippen LogP contribution >= 0.6 is 11.3 Å². The summed E-state index contributed by atoms with van der Waals surface area (Å²) in [6.07, 6.45) is 0.602. The summed E-state index contributed by atoms with van der Waals surface area (Å²) in [5, 5.41) is 2.52. The van der Waals surface area contributed by atoms with Gasteiger partial charge in [0.1, 0.15) is 16.9 Å². The molecule has 1 unspecified atom stereocenters. The lowest BCUT2D eigenvalue weighted by atomic mass is 10.2. The molecule has 6 heteroatoms. The van der Waals surface area contributed by atoms with E-state index in [1.54, 1.807) is 5.38 Å². The van der Waals surface area contributed by atoms with Gasteiger partial charge in [0.05, 0.1) is 19.8 Å². The largest absolute Gasteiger partial charge is 0.494 e. The average Bonchev–Trinajstić information content (AvgIpc) is 3.19. The number of hydrogen-bond donors (Lipinski definition) is 0. The van der Waals surface area contributed by atoms with Gasteiger partial charge in [-0.1, -0.05) is 0 Å². The smallest absolute Gasteiger partial charge is 0.358 e. The second-order valence-electron chi connectivity index (χ2n) is 4.89. The van der Waals surface area contributed by atoms with Crippen LogP contribution in [0, 0.1) is 0 Å². The Morgan fingerprint density at radius 1 is 1.41 bits per heavy atom. The summed E-state index contributed by atoms with van der Waals surface area (Å²) in [5.41, 5.74) is 1.30. The summed E-state index contributed by atoms with van der Waals surface area (Å²) >= 11 is 1.42. The van der Waals surface area contributed by atoms with Crippen molar-refractivity contribution in [2.45, 2.75) is 19.4 Å². The van der Waals surface area contributed by atoms with Gasteiger partial charge in [-0.3, -0.25) is 0 Å². The quantitative estimate of drug-likeness (QED) is 0.792. The number of rotatable bonds is 5. The number of esters is 1. The highest BCUT2D eigenvalue weighted by Gasteiger charge is 2.22. The maximum Gasteiger partial charge on any atom is 0.358 e. The zero-order chi connectivity index (χ0) is 15.4. The molecule has 5 nitrogen and oxygen atoms in total. The van der Waals surface area contributed by atoms with E-state index in [9.17, 15) is 4.79 Å². The maximum atomic E-state index is 12.0. The first-order valence-corrected chi connectivity index (χ1v) is 8.11. The predicted octanol–water partition coefficient (Wildman–Crippen LogP) is 3.15. The minimum atomic E-state index is -0.385. The standard InChI is InChI=1S/C16H17NO4S/c1-2-20-12-5-3-11(4-6-12)15-17-14(10-22-15)16(18)21-13-7-8-19-9-13/h3-6,10,13H,2,7-9H2,1H3. The number of benzene rings is 1. The fraction of sp³-hybridized carbons (Fsp3) is 0.375. The van der Waals surface area contributed by atoms with E-state index in [1.165, 1.54) is 11.3 Å². The zero-order valence-corrected chi connectivity index (χ0v) is 13.1. The second-order valence-corrected chi connectivity index (χ2v) is 5.74. The van der Waals surface area contributed by atoms with Crippen LogP contribution in [0.25, 0.3) is 10.6 Å². The lowest BCUT2D eigenvalue weighted by Crippen LogP contribution is -2.18. The van der Waals surface area contributed by atoms with Gasteiger partial charge in [-0.2, -0.15) is 0 Å². The molecule has 0 spiro atoms. The van der Waals surface area contributed by atoms with Crippen molar-refractivity contribution in [2.24, 2.45) is 0 Å². The molecule has 1 aliphatic rings. The summed E-state index contributed by atoms with van der Waals surface area (Å²) in [5.74, 6) is 0.438. The fourth-order valence-corrected chi connectivity index (χ4v) is 2.97. The molecular weight excluding hydrogens is 302 g/mol. The number of nitrogens with zero attached hydrogens (tertiary/aromatic N) is 1. The van der Waals surface area contributed by atoms with Crippen LogP contribution in [0.3, 0.4) is 0 Å². The van der Waals surface area contributed by atoms with Crippen molar-refractivity contribution in [1.29, 1.82) is 0 Å². The van der Waals surface area contributed by atoms with Crippen molar-refractivity contribution in [3.8, 4) is 16.3 Å². The van der Waals surface area contributed by atoms with Gasteiger partial charge in [0.2, 0.25) is 0 Å². The van der Waals surface area contributed by atoms with Crippen LogP contribution in [0.4, 0.5) is 0 Å². The summed E-state index contributed by atoms with van der Waals surface area (Å²) in [4.78, 5) is 16.4. The Balaban J connectivity index is 1.68. The molecule has 1 aliphatic heterocycles. The number of carbonyl (C=O) groups is 1. The van der Waals surface area contributed by atoms with Crippen LogP contribution < -0.4 is 4.74 Å². The van der Waals surface area contributed by atoms with Gasteiger partial charge in [0.25, 0.3) is 0 Å². The van der Waals surface area contributed by atoms with Crippen molar-refractivity contribution in [3.63, 3.8) is 0 Å². The van der Waals surface area contributed by atoms with Gasteiger partial charge in [0, 0.05) is 17.4 Å². The molecule has 2 heterocycles. The topological polar surface area (TPSA) is 57.7 Å². The molecule has 1 aromatic heterocycles. The fourth-order valence-electron chi connectivity index (χ4n) is 2.18. The van der Waals surface area contributed by atoms with Gasteiger partial charge in [-0.25, -0.2) is 9.78 Å². The third kappa shape index (κ3) is 3.45. The van der Waals surface area contributed by atoms with Gasteiger partial charge in [-0.15, -0.1) is 11.3 Å². The third-order valence-electron chi connectivity index (χ3n) is 3.29. The van der Waals surface area contributed by atoms with Crippen molar-refractivity contribution in [2.75, 3.05) is 19.8 Å². The number of thiazole rings is 1. The van der Waals surface area contributed by atoms with Crippen LogP contribution in [-0.4, -0.2) is 36.9 Å². The van der Waals surface area contributed by atoms with Crippen molar-refractivity contribution in [3.05, 3.63) is 35.3 Å². The van der Waals surface area contributed by atoms with Crippen molar-refractivity contribution >= 4 is 17.3 Å². The summed E-state index contributed by atoms with van der Waals surface area (Å²) < 4.78 is 16.0. The zero-order valence-electron chi connectivity index (χ0n) is 12.3. The Labute approximate surface area is 132 Å². The van der Waals surface area contributed by atoms with Gasteiger partial charge in [-0.05, 0) is 31.2 Å². The van der Waals surface area contributed by atoms with Crippen LogP contribution in [0.5, 0.6) is 5.75 Å². The molecule has 0 radical (unpaired) electrons. The molecule has 116 valence electrons. The van der Waals surface area contributed by atoms with Crippen molar-refractivity contribution in [1.82, 2.24) is 4.98 Å². The average molecular weight is 319 g/mol. The molecule has 0 saturated carbocycles. The number of ether oxygens (including phenoxy) is 3. The Kier molecular flexibility index (Phi) is 4.70. The van der Waals surface area contributed by atoms with Crippen molar-refractivity contribution < 1.29 is 19.0 Å². The third-order valence-corrected chi connectivity index (χ3v) is 4.18. The highest BCUT2D eigenvalue weighted by Crippen LogP contribution is 2.26. The molecule has 0 N–H and O–H groups in total. The maximum absolute atomic E-state index is 12.0. The Morgan fingerprint density at radius 2 is 2.23 bits per heavy atom. The molecule has 0 bridgehead atoms. The molecule has 0 amide bonds. The molecule has 1 fully saturated rings. The number of hydrogen-bond acceptors (Lipinski definition) is 6. The van der Waals surface area contributed by atoms with E-state index in [0.29, 0.717) is 25.5 Å². The molecule has 1 saturated heterocycles. The van der Waals surface area contributed by atoms with E-state index in [2.05, 4.69) is 4.98 Å². The highest BCUT2D eigenvalue weighted by molar-refractivity contribution is 7.13. The van der Waals surface area contributed by atoms with Crippen LogP contribution in [0.1, 0.15) is 23.8 Å². The Morgan fingerprint density at radius 3 is 2.91 bits per heavy atom. The minimum Gasteiger partial charge on any atom is -0.494 e. The minimum absolute atomic E-state index is 0.150. The van der Waals surface area contributed by atoms with E-state index >= 15 is 0 Å². The first-order chi connectivity index (χ1) is 10.8. The molecule has 3 rings (SSSR count). The van der Waals surface area contributed by atoms with E-state index < -0.39 is 0 Å². The predicted molar refractivity (Wildman–Crippen MR) is 83.4 cm³/mol. The highest BCUT2D eigenvalue weighted by atomic mass is 32.1. The lowest BCUT2D eigenvalue weighted by molar-refractivity contribution is 0.0265. The molecular formula is C16H17NO4S. The molecule has 22 heavy (non-hydrogen) atoms. The summed E-state index contributed by atoms with van der Waals surface area (Å²) in [6.45, 7) is 3.70. The first-order valence-electron chi connectivity index (χ1n) is 7.23. The summed E-state index contributed by atoms with van der Waals surface area (Å²) in [6, 6.07) is 7.66. The SMILES string of the molecule is CCOc1ccc(-c2nc(C(=O)OC3CCOC3)cs2)cc1. The Hall–Kier alpha value is -1.92. The van der Waals surface area contributed by atoms with E-state index in [-0.39, 0.29) is 12.1 Å². The molecule has 0 aliphatic carbocycles.